The zero-order valence-corrected chi connectivity index (χ0v) is 17.8. The molecule has 34 heavy (non-hydrogen) atoms. The van der Waals surface area contributed by atoms with E-state index in [-0.39, 0.29) is 29.1 Å². The summed E-state index contributed by atoms with van der Waals surface area (Å²) in [5, 5.41) is 7.11. The maximum Gasteiger partial charge on any atom is 0.418 e. The van der Waals surface area contributed by atoms with Gasteiger partial charge in [0.15, 0.2) is 0 Å². The summed E-state index contributed by atoms with van der Waals surface area (Å²) in [7, 11) is 0. The van der Waals surface area contributed by atoms with Crippen molar-refractivity contribution in [3.05, 3.63) is 89.2 Å². The molecule has 0 unspecified atom stereocenters. The molecule has 0 fully saturated rings. The first-order valence-corrected chi connectivity index (χ1v) is 10.1. The quantitative estimate of drug-likeness (QED) is 0.402. The van der Waals surface area contributed by atoms with Gasteiger partial charge >= 0.3 is 6.18 Å². The number of rotatable bonds is 6. The topological polar surface area (TPSA) is 87.3 Å². The Labute approximate surface area is 192 Å². The zero-order valence-electron chi connectivity index (χ0n) is 17.8. The number of nitrogens with one attached hydrogen (secondary N) is 3. The molecule has 0 spiro atoms. The summed E-state index contributed by atoms with van der Waals surface area (Å²) in [4.78, 5) is 36.4. The Morgan fingerprint density at radius 2 is 1.41 bits per heavy atom. The Morgan fingerprint density at radius 1 is 0.765 bits per heavy atom. The average molecular weight is 473 g/mol. The van der Waals surface area contributed by atoms with Crippen LogP contribution >= 0.6 is 0 Å². The third-order valence-electron chi connectivity index (χ3n) is 4.67. The molecule has 0 bridgehead atoms. The average Bonchev–Trinajstić information content (AvgIpc) is 2.79. The van der Waals surface area contributed by atoms with Gasteiger partial charge in [-0.2, -0.15) is 13.2 Å². The second kappa shape index (κ2) is 10.2. The fraction of sp³-hybridized carbons (Fsp3) is 0.125. The summed E-state index contributed by atoms with van der Waals surface area (Å²) >= 11 is 0. The fourth-order valence-corrected chi connectivity index (χ4v) is 2.95. The first-order valence-electron chi connectivity index (χ1n) is 10.1. The molecule has 0 aliphatic heterocycles. The number of alkyl halides is 3. The third kappa shape index (κ3) is 6.18. The predicted molar refractivity (Wildman–Crippen MR) is 119 cm³/mol. The molecule has 3 N–H and O–H groups in total. The van der Waals surface area contributed by atoms with Crippen LogP contribution in [0.25, 0.3) is 0 Å². The second-order valence-corrected chi connectivity index (χ2v) is 7.16. The van der Waals surface area contributed by atoms with Crippen LogP contribution in [-0.2, 0) is 11.0 Å². The number of anilines is 3. The summed E-state index contributed by atoms with van der Waals surface area (Å²) in [6.45, 7) is 1.65. The Kier molecular flexibility index (Phi) is 7.30. The van der Waals surface area contributed by atoms with Crippen LogP contribution in [0.5, 0.6) is 0 Å². The predicted octanol–water partition coefficient (Wildman–Crippen LogP) is 5.70. The van der Waals surface area contributed by atoms with Gasteiger partial charge in [0, 0.05) is 28.9 Å². The molecule has 3 amide bonds. The highest BCUT2D eigenvalue weighted by Crippen LogP contribution is 2.37. The zero-order chi connectivity index (χ0) is 24.9. The molecule has 0 aromatic heterocycles. The molecule has 3 rings (SSSR count). The van der Waals surface area contributed by atoms with Crippen molar-refractivity contribution in [3.8, 4) is 0 Å². The van der Waals surface area contributed by atoms with Crippen molar-refractivity contribution >= 4 is 34.8 Å². The van der Waals surface area contributed by atoms with Crippen LogP contribution in [0.15, 0.2) is 66.7 Å². The minimum absolute atomic E-state index is 0.0377. The van der Waals surface area contributed by atoms with E-state index in [1.54, 1.807) is 13.0 Å². The van der Waals surface area contributed by atoms with E-state index in [1.165, 1.54) is 36.4 Å². The lowest BCUT2D eigenvalue weighted by Gasteiger charge is -2.16. The van der Waals surface area contributed by atoms with Gasteiger partial charge in [0.05, 0.1) is 11.3 Å². The van der Waals surface area contributed by atoms with Gasteiger partial charge in [0.1, 0.15) is 5.82 Å². The maximum atomic E-state index is 13.7. The molecule has 3 aromatic carbocycles. The highest BCUT2D eigenvalue weighted by Gasteiger charge is 2.34. The normalized spacial score (nSPS) is 11.0. The molecule has 0 atom stereocenters. The van der Waals surface area contributed by atoms with E-state index in [4.69, 9.17) is 0 Å². The molecular formula is C24H19F4N3O3. The number of carbonyl (C=O) groups is 3. The van der Waals surface area contributed by atoms with E-state index < -0.39 is 35.1 Å². The lowest BCUT2D eigenvalue weighted by molar-refractivity contribution is -0.136. The smallest absolute Gasteiger partial charge is 0.326 e. The number of carbonyl (C=O) groups excluding carboxylic acids is 3. The Bertz CT molecular complexity index is 1220. The van der Waals surface area contributed by atoms with Crippen LogP contribution in [0.4, 0.5) is 34.6 Å². The van der Waals surface area contributed by atoms with Crippen molar-refractivity contribution in [2.24, 2.45) is 0 Å². The summed E-state index contributed by atoms with van der Waals surface area (Å²) in [5.41, 5.74) is -1.43. The second-order valence-electron chi connectivity index (χ2n) is 7.16. The number of amides is 3. The van der Waals surface area contributed by atoms with Gasteiger partial charge in [-0.15, -0.1) is 0 Å². The Morgan fingerprint density at radius 3 is 2.06 bits per heavy atom. The van der Waals surface area contributed by atoms with Crippen LogP contribution in [0.1, 0.15) is 39.6 Å². The molecule has 0 radical (unpaired) electrons. The van der Waals surface area contributed by atoms with Crippen LogP contribution < -0.4 is 16.0 Å². The lowest BCUT2D eigenvalue weighted by Crippen LogP contribution is -2.18. The highest BCUT2D eigenvalue weighted by atomic mass is 19.4. The van der Waals surface area contributed by atoms with Gasteiger partial charge in [0.25, 0.3) is 11.8 Å². The van der Waals surface area contributed by atoms with Crippen molar-refractivity contribution in [1.82, 2.24) is 0 Å². The summed E-state index contributed by atoms with van der Waals surface area (Å²) in [6.07, 6.45) is -4.62. The minimum Gasteiger partial charge on any atom is -0.326 e. The summed E-state index contributed by atoms with van der Waals surface area (Å²) in [6, 6.07) is 13.2. The SMILES string of the molecule is CCC(=O)Nc1cccc(C(=O)Nc2ccc(NC(=O)c3ccc(F)cc3)cc2C(F)(F)F)c1. The van der Waals surface area contributed by atoms with E-state index in [0.717, 1.165) is 18.2 Å². The monoisotopic (exact) mass is 473 g/mol. The van der Waals surface area contributed by atoms with Gasteiger partial charge in [-0.3, -0.25) is 14.4 Å². The summed E-state index contributed by atoms with van der Waals surface area (Å²) < 4.78 is 54.1. The van der Waals surface area contributed by atoms with Crippen molar-refractivity contribution < 1.29 is 31.9 Å². The van der Waals surface area contributed by atoms with E-state index in [0.29, 0.717) is 11.8 Å². The number of hydrogen-bond acceptors (Lipinski definition) is 3. The third-order valence-corrected chi connectivity index (χ3v) is 4.67. The standard InChI is InChI=1S/C24H19F4N3O3/c1-2-21(32)29-17-5-3-4-15(12-17)23(34)31-20-11-10-18(13-19(20)24(26,27)28)30-22(33)14-6-8-16(25)9-7-14/h3-13H,2H2,1H3,(H,29,32)(H,30,33)(H,31,34). The van der Waals surface area contributed by atoms with Crippen LogP contribution in [0.3, 0.4) is 0 Å². The van der Waals surface area contributed by atoms with Crippen molar-refractivity contribution in [2.75, 3.05) is 16.0 Å². The van der Waals surface area contributed by atoms with Crippen LogP contribution in [0.2, 0.25) is 0 Å². The van der Waals surface area contributed by atoms with E-state index in [2.05, 4.69) is 16.0 Å². The molecule has 0 aliphatic carbocycles. The Hall–Kier alpha value is -4.21. The number of benzene rings is 3. The van der Waals surface area contributed by atoms with Crippen molar-refractivity contribution in [2.45, 2.75) is 19.5 Å². The molecule has 0 saturated carbocycles. The van der Waals surface area contributed by atoms with Gasteiger partial charge < -0.3 is 16.0 Å². The van der Waals surface area contributed by atoms with Gasteiger partial charge in [0.2, 0.25) is 5.91 Å². The molecule has 3 aromatic rings. The molecule has 10 heteroatoms. The molecule has 176 valence electrons. The van der Waals surface area contributed by atoms with Gasteiger partial charge in [-0.05, 0) is 60.7 Å². The van der Waals surface area contributed by atoms with E-state index in [1.807, 2.05) is 0 Å². The van der Waals surface area contributed by atoms with Gasteiger partial charge in [-0.1, -0.05) is 13.0 Å². The van der Waals surface area contributed by atoms with Crippen LogP contribution in [0, 0.1) is 5.82 Å². The molecule has 0 aliphatic rings. The minimum atomic E-state index is -4.84. The Balaban J connectivity index is 1.82. The molecule has 0 saturated heterocycles. The number of halogens is 4. The fourth-order valence-electron chi connectivity index (χ4n) is 2.95. The summed E-state index contributed by atoms with van der Waals surface area (Å²) in [5.74, 6) is -2.39. The molecule has 6 nitrogen and oxygen atoms in total. The largest absolute Gasteiger partial charge is 0.418 e. The first-order chi connectivity index (χ1) is 16.1. The van der Waals surface area contributed by atoms with E-state index >= 15 is 0 Å². The highest BCUT2D eigenvalue weighted by molar-refractivity contribution is 6.07. The van der Waals surface area contributed by atoms with Gasteiger partial charge in [-0.25, -0.2) is 4.39 Å². The van der Waals surface area contributed by atoms with Crippen LogP contribution in [-0.4, -0.2) is 17.7 Å². The number of hydrogen-bond donors (Lipinski definition) is 3. The van der Waals surface area contributed by atoms with Crippen molar-refractivity contribution in [1.29, 1.82) is 0 Å². The maximum absolute atomic E-state index is 13.7. The van der Waals surface area contributed by atoms with E-state index in [9.17, 15) is 31.9 Å². The molecule has 0 heterocycles. The lowest BCUT2D eigenvalue weighted by atomic mass is 10.1. The van der Waals surface area contributed by atoms with Crippen molar-refractivity contribution in [3.63, 3.8) is 0 Å². The first kappa shape index (κ1) is 24.4. The molecular weight excluding hydrogens is 454 g/mol.